The van der Waals surface area contributed by atoms with Crippen molar-refractivity contribution in [2.45, 2.75) is 220 Å². The van der Waals surface area contributed by atoms with Crippen molar-refractivity contribution in [1.82, 2.24) is 4.90 Å². The van der Waals surface area contributed by atoms with Crippen LogP contribution in [0.25, 0.3) is 10.8 Å². The van der Waals surface area contributed by atoms with Gasteiger partial charge in [-0.3, -0.25) is 19.2 Å². The number of unbranched alkanes of at least 4 members (excludes halogenated alkanes) is 27. The molecule has 2 heterocycles. The zero-order valence-corrected chi connectivity index (χ0v) is 43.5. The van der Waals surface area contributed by atoms with Crippen molar-refractivity contribution in [3.8, 4) is 17.2 Å². The number of anilines is 1. The molecular formula is C61H86N2O7. The molecule has 1 aliphatic carbocycles. The Morgan fingerprint density at radius 3 is 1.04 bits per heavy atom. The number of nitrogens with zero attached hydrogens (tertiary/aromatic N) is 2. The molecule has 3 aromatic rings. The fraction of sp³-hybridized carbons (Fsp3) is 0.607. The van der Waals surface area contributed by atoms with Crippen molar-refractivity contribution in [3.63, 3.8) is 0 Å². The van der Waals surface area contributed by atoms with E-state index in [1.165, 1.54) is 151 Å². The average Bonchev–Trinajstić information content (AvgIpc) is 3.90. The van der Waals surface area contributed by atoms with Gasteiger partial charge in [-0.15, -0.1) is 0 Å². The highest BCUT2D eigenvalue weighted by molar-refractivity contribution is 6.39. The summed E-state index contributed by atoms with van der Waals surface area (Å²) in [6.45, 7) is 8.21. The van der Waals surface area contributed by atoms with E-state index < -0.39 is 23.6 Å². The number of allylic oxidation sites excluding steroid dienone is 3. The first-order valence-corrected chi connectivity index (χ1v) is 28.2. The zero-order valence-electron chi connectivity index (χ0n) is 43.5. The fourth-order valence-electron chi connectivity index (χ4n) is 10.3. The number of amides is 4. The van der Waals surface area contributed by atoms with Gasteiger partial charge in [0.15, 0.2) is 11.5 Å². The van der Waals surface area contributed by atoms with Gasteiger partial charge < -0.3 is 14.2 Å². The number of carbonyl (C=O) groups is 4. The first-order chi connectivity index (χ1) is 34.4. The maximum absolute atomic E-state index is 14.8. The van der Waals surface area contributed by atoms with Gasteiger partial charge in [0.05, 0.1) is 25.5 Å². The minimum Gasteiger partial charge on any atom is -0.489 e. The van der Waals surface area contributed by atoms with E-state index in [1.807, 2.05) is 12.2 Å². The molecule has 0 bridgehead atoms. The van der Waals surface area contributed by atoms with Crippen LogP contribution in [0.1, 0.15) is 261 Å². The Bertz CT molecular complexity index is 2110. The van der Waals surface area contributed by atoms with Crippen molar-refractivity contribution in [2.75, 3.05) is 24.7 Å². The Balaban J connectivity index is 1.21. The summed E-state index contributed by atoms with van der Waals surface area (Å²) >= 11 is 0. The van der Waals surface area contributed by atoms with E-state index in [9.17, 15) is 19.2 Å². The first kappa shape index (κ1) is 54.4. The first-order valence-electron chi connectivity index (χ1n) is 28.2. The second kappa shape index (κ2) is 30.1. The molecule has 0 atom stereocenters. The summed E-state index contributed by atoms with van der Waals surface area (Å²) in [5.74, 6) is -0.549. The summed E-state index contributed by atoms with van der Waals surface area (Å²) in [4.78, 5) is 59.8. The third-order valence-corrected chi connectivity index (χ3v) is 14.5. The Labute approximate surface area is 421 Å². The molecule has 6 rings (SSSR count). The molecule has 0 spiro atoms. The number of carbonyl (C=O) groups excluding carboxylic acids is 4. The number of ether oxygens (including phenoxy) is 3. The number of hydrogen-bond donors (Lipinski definition) is 0. The van der Waals surface area contributed by atoms with Gasteiger partial charge in [-0.1, -0.05) is 206 Å². The third-order valence-electron chi connectivity index (χ3n) is 14.5. The lowest BCUT2D eigenvalue weighted by Crippen LogP contribution is -2.43. The van der Waals surface area contributed by atoms with E-state index >= 15 is 0 Å². The van der Waals surface area contributed by atoms with Gasteiger partial charge in [0.2, 0.25) is 5.75 Å². The summed E-state index contributed by atoms with van der Waals surface area (Å²) in [7, 11) is 0. The summed E-state index contributed by atoms with van der Waals surface area (Å²) in [5.41, 5.74) is 2.04. The van der Waals surface area contributed by atoms with E-state index in [1.54, 1.807) is 42.5 Å². The van der Waals surface area contributed by atoms with Gasteiger partial charge in [0.25, 0.3) is 23.6 Å². The van der Waals surface area contributed by atoms with Crippen LogP contribution >= 0.6 is 0 Å². The van der Waals surface area contributed by atoms with E-state index in [2.05, 4.69) is 20.8 Å². The Morgan fingerprint density at radius 1 is 0.400 bits per heavy atom. The monoisotopic (exact) mass is 959 g/mol. The molecule has 382 valence electrons. The van der Waals surface area contributed by atoms with E-state index in [4.69, 9.17) is 14.2 Å². The fourth-order valence-corrected chi connectivity index (χ4v) is 10.3. The van der Waals surface area contributed by atoms with Gasteiger partial charge in [-0.05, 0) is 49.6 Å². The molecule has 0 saturated heterocycles. The van der Waals surface area contributed by atoms with Gasteiger partial charge in [-0.2, -0.15) is 0 Å². The molecule has 9 nitrogen and oxygen atoms in total. The van der Waals surface area contributed by atoms with Crippen LogP contribution < -0.4 is 19.1 Å². The standard InChI is InChI=1S/C61H86N2O7/c1-4-7-10-13-16-19-22-25-28-33-42-68-53-45-48(46-54(69-43-34-29-26-23-20-17-14-11-8-5-2)57(53)70-44-35-30-27-24-21-18-15-12-9-6-3)63-60(66)51-40-38-49-55-50(39-41-52(56(51)55)61(63)67)59(65)62(58(49)64)47-36-31-32-37-47/h31-32,36,38-41,45-46H,4-30,33-35,37,42-44H2,1-3H3. The molecule has 9 heteroatoms. The van der Waals surface area contributed by atoms with Crippen molar-refractivity contribution in [2.24, 2.45) is 0 Å². The lowest BCUT2D eigenvalue weighted by Gasteiger charge is -2.32. The van der Waals surface area contributed by atoms with Gasteiger partial charge in [0.1, 0.15) is 0 Å². The quantitative estimate of drug-likeness (QED) is 0.0416. The largest absolute Gasteiger partial charge is 0.489 e. The lowest BCUT2D eigenvalue weighted by atomic mass is 9.85. The molecule has 2 aliphatic heterocycles. The lowest BCUT2D eigenvalue weighted by molar-refractivity contribution is 0.0658. The SMILES string of the molecule is CCCCCCCCCCCCOc1cc(N2C(=O)c3ccc4c5c(ccc(c35)C2=O)C(=O)N(C2=CC=CC2)C4=O)cc(OCCCCCCCCCCCC)c1OCCCCCCCCCCCC. The van der Waals surface area contributed by atoms with E-state index in [0.717, 1.165) is 51.4 Å². The van der Waals surface area contributed by atoms with Crippen LogP contribution in [0, 0.1) is 0 Å². The summed E-state index contributed by atoms with van der Waals surface area (Å²) in [5, 5.41) is 0.693. The summed E-state index contributed by atoms with van der Waals surface area (Å²) in [6, 6.07) is 10.00. The Morgan fingerprint density at radius 2 is 0.714 bits per heavy atom. The molecule has 0 aromatic heterocycles. The van der Waals surface area contributed by atoms with E-state index in [-0.39, 0.29) is 11.1 Å². The predicted molar refractivity (Wildman–Crippen MR) is 286 cm³/mol. The highest BCUT2D eigenvalue weighted by Crippen LogP contribution is 2.45. The maximum atomic E-state index is 14.8. The topological polar surface area (TPSA) is 102 Å². The minimum atomic E-state index is -0.536. The number of hydrogen-bond acceptors (Lipinski definition) is 7. The Hall–Kier alpha value is -4.92. The van der Waals surface area contributed by atoms with Crippen LogP contribution in [0.2, 0.25) is 0 Å². The molecule has 3 aliphatic rings. The van der Waals surface area contributed by atoms with Gasteiger partial charge >= 0.3 is 0 Å². The molecule has 4 amide bonds. The third kappa shape index (κ3) is 15.1. The molecule has 0 saturated carbocycles. The normalized spacial score (nSPS) is 14.1. The average molecular weight is 959 g/mol. The van der Waals surface area contributed by atoms with Crippen LogP contribution in [-0.4, -0.2) is 48.3 Å². The molecule has 0 unspecified atom stereocenters. The minimum absolute atomic E-state index is 0.257. The second-order valence-corrected chi connectivity index (χ2v) is 20.1. The molecule has 0 fully saturated rings. The van der Waals surface area contributed by atoms with E-state index in [0.29, 0.717) is 76.8 Å². The van der Waals surface area contributed by atoms with Gasteiger partial charge in [-0.25, -0.2) is 9.80 Å². The smallest absolute Gasteiger partial charge is 0.265 e. The molecule has 3 aromatic carbocycles. The number of rotatable bonds is 38. The zero-order chi connectivity index (χ0) is 49.3. The van der Waals surface area contributed by atoms with Crippen LogP contribution in [0.3, 0.4) is 0 Å². The van der Waals surface area contributed by atoms with Crippen LogP contribution in [0.5, 0.6) is 17.2 Å². The second-order valence-electron chi connectivity index (χ2n) is 20.1. The predicted octanol–water partition coefficient (Wildman–Crippen LogP) is 17.0. The molecule has 70 heavy (non-hydrogen) atoms. The maximum Gasteiger partial charge on any atom is 0.265 e. The summed E-state index contributed by atoms with van der Waals surface area (Å²) < 4.78 is 19.9. The van der Waals surface area contributed by atoms with Crippen LogP contribution in [0.4, 0.5) is 5.69 Å². The van der Waals surface area contributed by atoms with Crippen LogP contribution in [-0.2, 0) is 0 Å². The molecule has 0 radical (unpaired) electrons. The Kier molecular flexibility index (Phi) is 23.4. The highest BCUT2D eigenvalue weighted by atomic mass is 16.5. The van der Waals surface area contributed by atoms with Crippen molar-refractivity contribution in [1.29, 1.82) is 0 Å². The van der Waals surface area contributed by atoms with Crippen molar-refractivity contribution >= 4 is 40.1 Å². The molecule has 0 N–H and O–H groups in total. The number of imide groups is 2. The van der Waals surface area contributed by atoms with Crippen LogP contribution in [0.15, 0.2) is 60.3 Å². The molecular weight excluding hydrogens is 873 g/mol. The van der Waals surface area contributed by atoms with Gasteiger partial charge in [0, 0.05) is 57.3 Å². The highest BCUT2D eigenvalue weighted by Gasteiger charge is 2.41. The van der Waals surface area contributed by atoms with Crippen molar-refractivity contribution in [3.05, 3.63) is 82.6 Å². The van der Waals surface area contributed by atoms with Crippen molar-refractivity contribution < 1.29 is 33.4 Å². The summed E-state index contributed by atoms with van der Waals surface area (Å²) in [6.07, 6.45) is 42.4. The number of benzene rings is 3.